The van der Waals surface area contributed by atoms with Crippen LogP contribution in [0.15, 0.2) is 0 Å². The van der Waals surface area contributed by atoms with Crippen LogP contribution >= 0.6 is 0 Å². The van der Waals surface area contributed by atoms with E-state index in [9.17, 15) is 0 Å². The molecule has 3 nitrogen and oxygen atoms in total. The first-order valence-electron chi connectivity index (χ1n) is 7.93. The first-order chi connectivity index (χ1) is 9.12. The van der Waals surface area contributed by atoms with Crippen LogP contribution in [0.5, 0.6) is 0 Å². The molecule has 1 aromatic heterocycles. The molecule has 1 aromatic rings. The molecular formula is C17H31N3. The quantitative estimate of drug-likeness (QED) is 0.910. The highest BCUT2D eigenvalue weighted by molar-refractivity contribution is 5.24. The van der Waals surface area contributed by atoms with Crippen LogP contribution in [-0.2, 0) is 18.5 Å². The lowest BCUT2D eigenvalue weighted by Gasteiger charge is -2.37. The van der Waals surface area contributed by atoms with E-state index in [4.69, 9.17) is 4.98 Å². The average molecular weight is 277 g/mol. The monoisotopic (exact) mass is 277 g/mol. The van der Waals surface area contributed by atoms with E-state index in [2.05, 4.69) is 58.4 Å². The average Bonchev–Trinajstić information content (AvgIpc) is 2.65. The summed E-state index contributed by atoms with van der Waals surface area (Å²) in [6.07, 6.45) is 2.26. The second kappa shape index (κ2) is 5.18. The summed E-state index contributed by atoms with van der Waals surface area (Å²) in [4.78, 5) is 4.95. The Morgan fingerprint density at radius 1 is 1.20 bits per heavy atom. The predicted octanol–water partition coefficient (Wildman–Crippen LogP) is 3.82. The van der Waals surface area contributed by atoms with Gasteiger partial charge < -0.3 is 9.88 Å². The highest BCUT2D eigenvalue weighted by Gasteiger charge is 2.33. The van der Waals surface area contributed by atoms with Gasteiger partial charge in [-0.05, 0) is 25.7 Å². The standard InChI is InChI=1S/C17H31N3/c1-12(2)15-19-13-10-18-9-8-14(13)20(15)17(6,7)11-16(3,4)5/h12,18H,8-11H2,1-7H3. The van der Waals surface area contributed by atoms with Crippen LogP contribution in [0.2, 0.25) is 0 Å². The highest BCUT2D eigenvalue weighted by atomic mass is 15.2. The summed E-state index contributed by atoms with van der Waals surface area (Å²) in [6, 6.07) is 0. The van der Waals surface area contributed by atoms with Crippen LogP contribution in [-0.4, -0.2) is 16.1 Å². The summed E-state index contributed by atoms with van der Waals surface area (Å²) in [6.45, 7) is 18.2. The van der Waals surface area contributed by atoms with Crippen LogP contribution in [0.3, 0.4) is 0 Å². The first kappa shape index (κ1) is 15.6. The van der Waals surface area contributed by atoms with Crippen LogP contribution in [0.1, 0.15) is 78.0 Å². The molecule has 114 valence electrons. The fourth-order valence-corrected chi connectivity index (χ4v) is 3.77. The van der Waals surface area contributed by atoms with Crippen molar-refractivity contribution in [2.75, 3.05) is 6.54 Å². The molecule has 2 rings (SSSR count). The SMILES string of the molecule is CC(C)c1nc2c(n1C(C)(C)CC(C)(C)C)CCNC2. The Kier molecular flexibility index (Phi) is 4.03. The zero-order chi connectivity index (χ0) is 15.1. The molecule has 0 amide bonds. The highest BCUT2D eigenvalue weighted by Crippen LogP contribution is 2.37. The summed E-state index contributed by atoms with van der Waals surface area (Å²) in [5, 5.41) is 3.44. The second-order valence-corrected chi connectivity index (χ2v) is 8.33. The van der Waals surface area contributed by atoms with Crippen molar-refractivity contribution < 1.29 is 0 Å². The molecule has 0 aromatic carbocycles. The Labute approximate surface area is 124 Å². The fourth-order valence-electron chi connectivity index (χ4n) is 3.77. The van der Waals surface area contributed by atoms with Crippen LogP contribution in [0.25, 0.3) is 0 Å². The van der Waals surface area contributed by atoms with Gasteiger partial charge in [0.15, 0.2) is 0 Å². The van der Waals surface area contributed by atoms with Crippen molar-refractivity contribution in [3.63, 3.8) is 0 Å². The number of aromatic nitrogens is 2. The number of hydrogen-bond donors (Lipinski definition) is 1. The number of rotatable bonds is 3. The van der Waals surface area contributed by atoms with E-state index in [0.29, 0.717) is 11.3 Å². The van der Waals surface area contributed by atoms with Gasteiger partial charge >= 0.3 is 0 Å². The van der Waals surface area contributed by atoms with Crippen LogP contribution in [0, 0.1) is 5.41 Å². The molecule has 0 saturated heterocycles. The molecule has 2 heterocycles. The molecule has 1 aliphatic rings. The minimum Gasteiger partial charge on any atom is -0.326 e. The van der Waals surface area contributed by atoms with E-state index < -0.39 is 0 Å². The van der Waals surface area contributed by atoms with Gasteiger partial charge in [0.1, 0.15) is 5.82 Å². The Hall–Kier alpha value is -0.830. The second-order valence-electron chi connectivity index (χ2n) is 8.33. The van der Waals surface area contributed by atoms with Gasteiger partial charge in [-0.1, -0.05) is 34.6 Å². The van der Waals surface area contributed by atoms with Crippen molar-refractivity contribution in [1.29, 1.82) is 0 Å². The molecule has 3 heteroatoms. The first-order valence-corrected chi connectivity index (χ1v) is 7.93. The van der Waals surface area contributed by atoms with E-state index in [-0.39, 0.29) is 5.54 Å². The number of imidazole rings is 1. The van der Waals surface area contributed by atoms with E-state index in [1.54, 1.807) is 0 Å². The van der Waals surface area contributed by atoms with Crippen molar-refractivity contribution in [1.82, 2.24) is 14.9 Å². The summed E-state index contributed by atoms with van der Waals surface area (Å²) in [5.74, 6) is 1.73. The van der Waals surface area contributed by atoms with Gasteiger partial charge in [0, 0.05) is 36.7 Å². The van der Waals surface area contributed by atoms with Crippen molar-refractivity contribution in [3.05, 3.63) is 17.2 Å². The van der Waals surface area contributed by atoms with Gasteiger partial charge in [-0.2, -0.15) is 0 Å². The van der Waals surface area contributed by atoms with Gasteiger partial charge in [-0.3, -0.25) is 0 Å². The van der Waals surface area contributed by atoms with Crippen molar-refractivity contribution >= 4 is 0 Å². The summed E-state index contributed by atoms with van der Waals surface area (Å²) >= 11 is 0. The molecule has 0 aliphatic carbocycles. The number of fused-ring (bicyclic) bond motifs is 1. The molecule has 1 aliphatic heterocycles. The van der Waals surface area contributed by atoms with E-state index in [1.807, 2.05) is 0 Å². The maximum atomic E-state index is 4.95. The summed E-state index contributed by atoms with van der Waals surface area (Å²) in [7, 11) is 0. The van der Waals surface area contributed by atoms with Gasteiger partial charge in [0.05, 0.1) is 5.69 Å². The number of hydrogen-bond acceptors (Lipinski definition) is 2. The minimum atomic E-state index is 0.121. The molecule has 0 fully saturated rings. The summed E-state index contributed by atoms with van der Waals surface area (Å²) in [5.41, 5.74) is 3.17. The van der Waals surface area contributed by atoms with Crippen LogP contribution in [0.4, 0.5) is 0 Å². The Morgan fingerprint density at radius 2 is 1.85 bits per heavy atom. The lowest BCUT2D eigenvalue weighted by molar-refractivity contribution is 0.204. The molecule has 20 heavy (non-hydrogen) atoms. The van der Waals surface area contributed by atoms with Gasteiger partial charge in [0.25, 0.3) is 0 Å². The smallest absolute Gasteiger partial charge is 0.112 e. The molecule has 0 bridgehead atoms. The zero-order valence-corrected chi connectivity index (χ0v) is 14.3. The van der Waals surface area contributed by atoms with E-state index in [0.717, 1.165) is 25.9 Å². The lowest BCUT2D eigenvalue weighted by atomic mass is 9.81. The Morgan fingerprint density at radius 3 is 2.40 bits per heavy atom. The normalized spacial score (nSPS) is 16.6. The Bertz CT molecular complexity index is 475. The third kappa shape index (κ3) is 3.08. The summed E-state index contributed by atoms with van der Waals surface area (Å²) < 4.78 is 2.55. The fraction of sp³-hybridized carbons (Fsp3) is 0.824. The van der Waals surface area contributed by atoms with E-state index in [1.165, 1.54) is 17.2 Å². The maximum absolute atomic E-state index is 4.95. The number of nitrogens with one attached hydrogen (secondary N) is 1. The number of nitrogens with zero attached hydrogens (tertiary/aromatic N) is 2. The molecular weight excluding hydrogens is 246 g/mol. The molecule has 1 N–H and O–H groups in total. The molecule has 0 radical (unpaired) electrons. The maximum Gasteiger partial charge on any atom is 0.112 e. The third-order valence-electron chi connectivity index (χ3n) is 4.00. The molecule has 0 atom stereocenters. The van der Waals surface area contributed by atoms with Crippen molar-refractivity contribution in [2.45, 2.75) is 79.3 Å². The van der Waals surface area contributed by atoms with Gasteiger partial charge in [-0.25, -0.2) is 4.98 Å². The topological polar surface area (TPSA) is 29.9 Å². The lowest BCUT2D eigenvalue weighted by Crippen LogP contribution is -2.36. The zero-order valence-electron chi connectivity index (χ0n) is 14.3. The molecule has 0 saturated carbocycles. The Balaban J connectivity index is 2.50. The van der Waals surface area contributed by atoms with Crippen LogP contribution < -0.4 is 5.32 Å². The third-order valence-corrected chi connectivity index (χ3v) is 4.00. The molecule has 0 spiro atoms. The minimum absolute atomic E-state index is 0.121. The van der Waals surface area contributed by atoms with Crippen molar-refractivity contribution in [3.8, 4) is 0 Å². The van der Waals surface area contributed by atoms with Gasteiger partial charge in [0.2, 0.25) is 0 Å². The van der Waals surface area contributed by atoms with E-state index >= 15 is 0 Å². The van der Waals surface area contributed by atoms with Gasteiger partial charge in [-0.15, -0.1) is 0 Å². The largest absolute Gasteiger partial charge is 0.326 e. The predicted molar refractivity (Wildman–Crippen MR) is 85.1 cm³/mol. The molecule has 0 unspecified atom stereocenters. The van der Waals surface area contributed by atoms with Crippen molar-refractivity contribution in [2.24, 2.45) is 5.41 Å².